The molecule has 0 bridgehead atoms. The summed E-state index contributed by atoms with van der Waals surface area (Å²) in [5, 5.41) is 5.45. The van der Waals surface area contributed by atoms with Crippen LogP contribution >= 0.6 is 15.9 Å². The Morgan fingerprint density at radius 2 is 2.04 bits per heavy atom. The van der Waals surface area contributed by atoms with Crippen molar-refractivity contribution in [3.8, 4) is 0 Å². The molecule has 0 unspecified atom stereocenters. The lowest BCUT2D eigenvalue weighted by atomic mass is 9.96. The molecular weight excluding hydrogens is 374 g/mol. The summed E-state index contributed by atoms with van der Waals surface area (Å²) in [7, 11) is 0. The Bertz CT molecular complexity index is 730. The zero-order chi connectivity index (χ0) is 17.1. The van der Waals surface area contributed by atoms with Crippen molar-refractivity contribution >= 4 is 39.2 Å². The van der Waals surface area contributed by atoms with Gasteiger partial charge in [-0.2, -0.15) is 0 Å². The lowest BCUT2D eigenvalue weighted by Crippen LogP contribution is -2.37. The van der Waals surface area contributed by atoms with Crippen LogP contribution in [0.15, 0.2) is 28.9 Å². The summed E-state index contributed by atoms with van der Waals surface area (Å²) < 4.78 is 0.808. The molecule has 1 aromatic rings. The number of hydrogen-bond donors (Lipinski definition) is 2. The Labute approximate surface area is 148 Å². The predicted molar refractivity (Wildman–Crippen MR) is 93.0 cm³/mol. The third-order valence-electron chi connectivity index (χ3n) is 4.16. The number of nitrogens with zero attached hydrogens (tertiary/aromatic N) is 1. The smallest absolute Gasteiger partial charge is 0.260 e. The fraction of sp³-hybridized carbons (Fsp3) is 0.353. The van der Waals surface area contributed by atoms with Crippen molar-refractivity contribution in [2.24, 2.45) is 0 Å². The van der Waals surface area contributed by atoms with E-state index in [1.807, 2.05) is 4.90 Å². The quantitative estimate of drug-likeness (QED) is 0.454. The number of hydrogen-bond acceptors (Lipinski definition) is 4. The highest BCUT2D eigenvalue weighted by Gasteiger charge is 2.27. The molecule has 3 amide bonds. The largest absolute Gasteiger partial charge is 0.390 e. The molecule has 1 fully saturated rings. The van der Waals surface area contributed by atoms with Gasteiger partial charge in [0.05, 0.1) is 5.57 Å². The lowest BCUT2D eigenvalue weighted by Gasteiger charge is -2.19. The first-order valence-corrected chi connectivity index (χ1v) is 8.72. The van der Waals surface area contributed by atoms with E-state index < -0.39 is 5.91 Å². The second-order valence-electron chi connectivity index (χ2n) is 5.82. The molecule has 2 N–H and O–H groups in total. The van der Waals surface area contributed by atoms with E-state index in [4.69, 9.17) is 0 Å². The average molecular weight is 392 g/mol. The van der Waals surface area contributed by atoms with Crippen LogP contribution in [0, 0.1) is 0 Å². The molecule has 0 aromatic heterocycles. The monoisotopic (exact) mass is 391 g/mol. The van der Waals surface area contributed by atoms with Gasteiger partial charge in [0, 0.05) is 47.9 Å². The van der Waals surface area contributed by atoms with Crippen LogP contribution in [0.1, 0.15) is 35.2 Å². The summed E-state index contributed by atoms with van der Waals surface area (Å²) in [5.74, 6) is -0.572. The van der Waals surface area contributed by atoms with E-state index in [-0.39, 0.29) is 11.8 Å². The van der Waals surface area contributed by atoms with Crippen molar-refractivity contribution in [1.29, 1.82) is 0 Å². The van der Waals surface area contributed by atoms with Crippen molar-refractivity contribution in [2.45, 2.75) is 19.3 Å². The van der Waals surface area contributed by atoms with Crippen molar-refractivity contribution in [3.63, 3.8) is 0 Å². The molecule has 7 heteroatoms. The molecule has 24 heavy (non-hydrogen) atoms. The predicted octanol–water partition coefficient (Wildman–Crippen LogP) is 1.66. The number of halogens is 1. The van der Waals surface area contributed by atoms with Crippen LogP contribution in [-0.4, -0.2) is 42.3 Å². The van der Waals surface area contributed by atoms with Crippen LogP contribution in [-0.2, 0) is 9.59 Å². The number of nitrogens with one attached hydrogen (secondary N) is 2. The molecule has 2 heterocycles. The molecule has 0 atom stereocenters. The highest BCUT2D eigenvalue weighted by Crippen LogP contribution is 2.26. The van der Waals surface area contributed by atoms with Crippen LogP contribution in [0.4, 0.5) is 0 Å². The Balaban J connectivity index is 1.63. The van der Waals surface area contributed by atoms with E-state index in [1.165, 1.54) is 0 Å². The van der Waals surface area contributed by atoms with E-state index in [0.29, 0.717) is 29.7 Å². The SMILES string of the molecule is O=C1NC(=O)c2ccc(Br)cc2/C1=C\NCCCN1CCCC1=O. The number of fused-ring (bicyclic) bond motifs is 1. The number of carbonyl (C=O) groups is 3. The molecule has 0 spiro atoms. The first-order chi connectivity index (χ1) is 11.6. The second-order valence-corrected chi connectivity index (χ2v) is 6.74. The first-order valence-electron chi connectivity index (χ1n) is 7.93. The van der Waals surface area contributed by atoms with Gasteiger partial charge in [-0.15, -0.1) is 0 Å². The maximum absolute atomic E-state index is 12.1. The van der Waals surface area contributed by atoms with Crippen LogP contribution in [0.3, 0.4) is 0 Å². The fourth-order valence-electron chi connectivity index (χ4n) is 2.93. The maximum Gasteiger partial charge on any atom is 0.260 e. The van der Waals surface area contributed by atoms with Crippen LogP contribution in [0.5, 0.6) is 0 Å². The zero-order valence-corrected chi connectivity index (χ0v) is 14.7. The average Bonchev–Trinajstić information content (AvgIpc) is 2.94. The zero-order valence-electron chi connectivity index (χ0n) is 13.1. The van der Waals surface area contributed by atoms with Gasteiger partial charge in [-0.1, -0.05) is 15.9 Å². The number of imide groups is 1. The van der Waals surface area contributed by atoms with Crippen molar-refractivity contribution in [2.75, 3.05) is 19.6 Å². The minimum atomic E-state index is -0.409. The number of carbonyl (C=O) groups excluding carboxylic acids is 3. The molecule has 6 nitrogen and oxygen atoms in total. The molecule has 0 saturated carbocycles. The number of rotatable bonds is 5. The summed E-state index contributed by atoms with van der Waals surface area (Å²) in [6.07, 6.45) is 4.04. The number of benzene rings is 1. The van der Waals surface area contributed by atoms with E-state index >= 15 is 0 Å². The molecular formula is C17H18BrN3O3. The fourth-order valence-corrected chi connectivity index (χ4v) is 3.29. The van der Waals surface area contributed by atoms with Crippen LogP contribution < -0.4 is 10.6 Å². The Kier molecular flexibility index (Phi) is 4.99. The van der Waals surface area contributed by atoms with Gasteiger partial charge in [0.2, 0.25) is 5.91 Å². The summed E-state index contributed by atoms with van der Waals surface area (Å²) in [4.78, 5) is 37.4. The van der Waals surface area contributed by atoms with Crippen molar-refractivity contribution < 1.29 is 14.4 Å². The lowest BCUT2D eigenvalue weighted by molar-refractivity contribution is -0.127. The van der Waals surface area contributed by atoms with Crippen LogP contribution in [0.2, 0.25) is 0 Å². The van der Waals surface area contributed by atoms with Gasteiger partial charge in [0.1, 0.15) is 0 Å². The molecule has 126 valence electrons. The summed E-state index contributed by atoms with van der Waals surface area (Å²) in [6, 6.07) is 5.22. The third kappa shape index (κ3) is 3.51. The molecule has 3 rings (SSSR count). The normalized spacial score (nSPS) is 18.8. The Morgan fingerprint density at radius 3 is 2.79 bits per heavy atom. The van der Waals surface area contributed by atoms with Crippen LogP contribution in [0.25, 0.3) is 5.57 Å². The van der Waals surface area contributed by atoms with Gasteiger partial charge < -0.3 is 10.2 Å². The highest BCUT2D eigenvalue weighted by molar-refractivity contribution is 9.10. The molecule has 2 aliphatic rings. The second kappa shape index (κ2) is 7.17. The molecule has 0 aliphatic carbocycles. The summed E-state index contributed by atoms with van der Waals surface area (Å²) in [6.45, 7) is 2.21. The standard InChI is InChI=1S/C17H18BrN3O3/c18-11-4-5-12-13(9-11)14(17(24)20-16(12)23)10-19-6-2-8-21-7-1-3-15(21)22/h4-5,9-10,19H,1-3,6-8H2,(H,20,23,24)/b14-10+. The van der Waals surface area contributed by atoms with Gasteiger partial charge in [-0.3, -0.25) is 19.7 Å². The highest BCUT2D eigenvalue weighted by atomic mass is 79.9. The van der Waals surface area contributed by atoms with E-state index in [2.05, 4.69) is 26.6 Å². The topological polar surface area (TPSA) is 78.5 Å². The summed E-state index contributed by atoms with van der Waals surface area (Å²) in [5.41, 5.74) is 1.53. The number of amides is 3. The van der Waals surface area contributed by atoms with E-state index in [1.54, 1.807) is 24.4 Å². The minimum absolute atomic E-state index is 0.220. The van der Waals surface area contributed by atoms with E-state index in [9.17, 15) is 14.4 Å². The Morgan fingerprint density at radius 1 is 1.21 bits per heavy atom. The summed E-state index contributed by atoms with van der Waals surface area (Å²) >= 11 is 3.37. The molecule has 1 saturated heterocycles. The molecule has 2 aliphatic heterocycles. The number of likely N-dealkylation sites (tertiary alicyclic amines) is 1. The van der Waals surface area contributed by atoms with E-state index in [0.717, 1.165) is 30.4 Å². The van der Waals surface area contributed by atoms with Gasteiger partial charge in [0.15, 0.2) is 0 Å². The maximum atomic E-state index is 12.1. The first kappa shape index (κ1) is 16.7. The molecule has 1 aromatic carbocycles. The van der Waals surface area contributed by atoms with Gasteiger partial charge in [-0.05, 0) is 31.0 Å². The molecule has 0 radical (unpaired) electrons. The van der Waals surface area contributed by atoms with Gasteiger partial charge >= 0.3 is 0 Å². The van der Waals surface area contributed by atoms with Gasteiger partial charge in [0.25, 0.3) is 11.8 Å². The Hall–Kier alpha value is -2.15. The van der Waals surface area contributed by atoms with Crippen molar-refractivity contribution in [1.82, 2.24) is 15.5 Å². The third-order valence-corrected chi connectivity index (χ3v) is 4.65. The van der Waals surface area contributed by atoms with Crippen molar-refractivity contribution in [3.05, 3.63) is 40.0 Å². The van der Waals surface area contributed by atoms with Gasteiger partial charge in [-0.25, -0.2) is 0 Å². The minimum Gasteiger partial charge on any atom is -0.390 e.